The van der Waals surface area contributed by atoms with E-state index in [0.29, 0.717) is 6.04 Å². The molecule has 1 atom stereocenters. The van der Waals surface area contributed by atoms with Crippen LogP contribution in [0.4, 0.5) is 0 Å². The van der Waals surface area contributed by atoms with Gasteiger partial charge >= 0.3 is 0 Å². The van der Waals surface area contributed by atoms with Crippen LogP contribution >= 0.6 is 0 Å². The van der Waals surface area contributed by atoms with E-state index in [4.69, 9.17) is 0 Å². The van der Waals surface area contributed by atoms with E-state index in [9.17, 15) is 0 Å². The van der Waals surface area contributed by atoms with Crippen molar-refractivity contribution in [1.82, 2.24) is 25.2 Å². The lowest BCUT2D eigenvalue weighted by molar-refractivity contribution is 0.317. The molecule has 0 spiro atoms. The van der Waals surface area contributed by atoms with Gasteiger partial charge in [0, 0.05) is 45.0 Å². The Kier molecular flexibility index (Phi) is 2.65. The van der Waals surface area contributed by atoms with Crippen LogP contribution in [-0.4, -0.2) is 45.1 Å². The van der Waals surface area contributed by atoms with Crippen LogP contribution in [0.1, 0.15) is 25.0 Å². The molecule has 2 fully saturated rings. The van der Waals surface area contributed by atoms with Gasteiger partial charge in [-0.25, -0.2) is 0 Å². The Bertz CT molecular complexity index is 357. The molecule has 1 aromatic heterocycles. The molecular formula is C11H19N5. The Hall–Kier alpha value is -0.940. The van der Waals surface area contributed by atoms with Crippen LogP contribution in [0.5, 0.6) is 0 Å². The van der Waals surface area contributed by atoms with Crippen molar-refractivity contribution < 1.29 is 0 Å². The summed E-state index contributed by atoms with van der Waals surface area (Å²) in [6, 6.07) is 1.55. The van der Waals surface area contributed by atoms with Crippen LogP contribution in [-0.2, 0) is 13.6 Å². The van der Waals surface area contributed by atoms with Gasteiger partial charge in [-0.3, -0.25) is 9.58 Å². The first-order valence-electron chi connectivity index (χ1n) is 6.14. The van der Waals surface area contributed by atoms with Gasteiger partial charge in [-0.05, 0) is 19.3 Å². The van der Waals surface area contributed by atoms with E-state index < -0.39 is 0 Å². The topological polar surface area (TPSA) is 46.0 Å². The molecule has 1 unspecified atom stereocenters. The van der Waals surface area contributed by atoms with Gasteiger partial charge in [0.15, 0.2) is 0 Å². The highest BCUT2D eigenvalue weighted by Gasteiger charge is 2.34. The standard InChI is InChI=1S/C11H19N5/c1-15-7-10(13-14-15)6-12-9-4-5-16(8-9)11-2-3-11/h7,9,11-12H,2-6,8H2,1H3. The van der Waals surface area contributed by atoms with Crippen molar-refractivity contribution in [2.24, 2.45) is 7.05 Å². The van der Waals surface area contributed by atoms with E-state index in [1.807, 2.05) is 13.2 Å². The van der Waals surface area contributed by atoms with Crippen molar-refractivity contribution in [3.8, 4) is 0 Å². The van der Waals surface area contributed by atoms with Gasteiger partial charge in [-0.1, -0.05) is 5.21 Å². The molecule has 2 aliphatic rings. The van der Waals surface area contributed by atoms with E-state index in [1.54, 1.807) is 4.68 Å². The number of aromatic nitrogens is 3. The molecule has 0 aromatic carbocycles. The Balaban J connectivity index is 1.45. The minimum Gasteiger partial charge on any atom is -0.307 e. The molecule has 5 nitrogen and oxygen atoms in total. The smallest absolute Gasteiger partial charge is 0.0964 e. The molecule has 3 rings (SSSR count). The highest BCUT2D eigenvalue weighted by Crippen LogP contribution is 2.29. The molecule has 1 aromatic rings. The fourth-order valence-corrected chi connectivity index (χ4v) is 2.45. The number of likely N-dealkylation sites (tertiary alicyclic amines) is 1. The lowest BCUT2D eigenvalue weighted by atomic mass is 10.2. The van der Waals surface area contributed by atoms with Crippen LogP contribution in [0.2, 0.25) is 0 Å². The average molecular weight is 221 g/mol. The van der Waals surface area contributed by atoms with Crippen molar-refractivity contribution in [3.05, 3.63) is 11.9 Å². The molecule has 1 aliphatic heterocycles. The second-order valence-electron chi connectivity index (χ2n) is 4.98. The summed E-state index contributed by atoms with van der Waals surface area (Å²) in [5.41, 5.74) is 1.03. The third-order valence-electron chi connectivity index (χ3n) is 3.50. The minimum absolute atomic E-state index is 0.641. The summed E-state index contributed by atoms with van der Waals surface area (Å²) in [7, 11) is 1.90. The average Bonchev–Trinajstić information content (AvgIpc) is 2.87. The van der Waals surface area contributed by atoms with E-state index >= 15 is 0 Å². The minimum atomic E-state index is 0.641. The van der Waals surface area contributed by atoms with E-state index in [0.717, 1.165) is 18.3 Å². The highest BCUT2D eigenvalue weighted by molar-refractivity contribution is 4.95. The summed E-state index contributed by atoms with van der Waals surface area (Å²) in [5.74, 6) is 0. The fourth-order valence-electron chi connectivity index (χ4n) is 2.45. The second-order valence-corrected chi connectivity index (χ2v) is 4.98. The Morgan fingerprint density at radius 1 is 1.44 bits per heavy atom. The Morgan fingerprint density at radius 3 is 3.00 bits per heavy atom. The van der Waals surface area contributed by atoms with Crippen molar-refractivity contribution >= 4 is 0 Å². The molecule has 1 aliphatic carbocycles. The Labute approximate surface area is 95.8 Å². The molecule has 1 saturated heterocycles. The molecule has 0 radical (unpaired) electrons. The SMILES string of the molecule is Cn1cc(CNC2CCN(C3CC3)C2)nn1. The largest absolute Gasteiger partial charge is 0.307 e. The summed E-state index contributed by atoms with van der Waals surface area (Å²) in [4.78, 5) is 2.62. The predicted molar refractivity (Wildman–Crippen MR) is 60.8 cm³/mol. The van der Waals surface area contributed by atoms with Gasteiger partial charge in [-0.2, -0.15) is 0 Å². The van der Waals surface area contributed by atoms with Crippen molar-refractivity contribution in [1.29, 1.82) is 0 Å². The maximum Gasteiger partial charge on any atom is 0.0964 e. The first kappa shape index (κ1) is 10.2. The first-order valence-corrected chi connectivity index (χ1v) is 6.14. The van der Waals surface area contributed by atoms with Gasteiger partial charge in [-0.15, -0.1) is 5.10 Å². The summed E-state index contributed by atoms with van der Waals surface area (Å²) in [5, 5.41) is 11.6. The molecule has 2 heterocycles. The molecule has 0 bridgehead atoms. The van der Waals surface area contributed by atoms with Crippen molar-refractivity contribution in [3.63, 3.8) is 0 Å². The molecule has 1 saturated carbocycles. The quantitative estimate of drug-likeness (QED) is 0.785. The zero-order chi connectivity index (χ0) is 11.0. The number of rotatable bonds is 4. The number of hydrogen-bond acceptors (Lipinski definition) is 4. The van der Waals surface area contributed by atoms with E-state index in [2.05, 4.69) is 20.5 Å². The predicted octanol–water partition coefficient (Wildman–Crippen LogP) is 0.141. The van der Waals surface area contributed by atoms with Gasteiger partial charge < -0.3 is 5.32 Å². The summed E-state index contributed by atoms with van der Waals surface area (Å²) >= 11 is 0. The lowest BCUT2D eigenvalue weighted by Crippen LogP contribution is -2.32. The third kappa shape index (κ3) is 2.25. The van der Waals surface area contributed by atoms with Gasteiger partial charge in [0.25, 0.3) is 0 Å². The van der Waals surface area contributed by atoms with Crippen LogP contribution < -0.4 is 5.32 Å². The van der Waals surface area contributed by atoms with Crippen LogP contribution in [0.3, 0.4) is 0 Å². The van der Waals surface area contributed by atoms with E-state index in [1.165, 1.54) is 32.4 Å². The number of nitrogens with one attached hydrogen (secondary N) is 1. The summed E-state index contributed by atoms with van der Waals surface area (Å²) in [6.07, 6.45) is 6.07. The highest BCUT2D eigenvalue weighted by atomic mass is 15.4. The lowest BCUT2D eigenvalue weighted by Gasteiger charge is -2.15. The third-order valence-corrected chi connectivity index (χ3v) is 3.50. The normalized spacial score (nSPS) is 26.4. The fraction of sp³-hybridized carbons (Fsp3) is 0.818. The first-order chi connectivity index (χ1) is 7.81. The van der Waals surface area contributed by atoms with E-state index in [-0.39, 0.29) is 0 Å². The number of aryl methyl sites for hydroxylation is 1. The Morgan fingerprint density at radius 2 is 2.31 bits per heavy atom. The second kappa shape index (κ2) is 4.14. The summed E-state index contributed by atoms with van der Waals surface area (Å²) < 4.78 is 1.75. The van der Waals surface area contributed by atoms with Crippen molar-refractivity contribution in [2.75, 3.05) is 13.1 Å². The van der Waals surface area contributed by atoms with Crippen molar-refractivity contribution in [2.45, 2.75) is 37.9 Å². The van der Waals surface area contributed by atoms with Crippen LogP contribution in [0.15, 0.2) is 6.20 Å². The zero-order valence-electron chi connectivity index (χ0n) is 9.76. The number of nitrogens with zero attached hydrogens (tertiary/aromatic N) is 4. The molecular weight excluding hydrogens is 202 g/mol. The molecule has 88 valence electrons. The maximum absolute atomic E-state index is 4.08. The molecule has 1 N–H and O–H groups in total. The van der Waals surface area contributed by atoms with Crippen LogP contribution in [0.25, 0.3) is 0 Å². The van der Waals surface area contributed by atoms with Crippen LogP contribution in [0, 0.1) is 0 Å². The zero-order valence-corrected chi connectivity index (χ0v) is 9.76. The van der Waals surface area contributed by atoms with Gasteiger partial charge in [0.2, 0.25) is 0 Å². The maximum atomic E-state index is 4.08. The molecule has 16 heavy (non-hydrogen) atoms. The molecule has 0 amide bonds. The van der Waals surface area contributed by atoms with Gasteiger partial charge in [0.1, 0.15) is 0 Å². The summed E-state index contributed by atoms with van der Waals surface area (Å²) in [6.45, 7) is 3.32. The monoisotopic (exact) mass is 221 g/mol. The molecule has 5 heteroatoms. The number of hydrogen-bond donors (Lipinski definition) is 1. The van der Waals surface area contributed by atoms with Gasteiger partial charge in [0.05, 0.1) is 5.69 Å².